The van der Waals surface area contributed by atoms with Crippen molar-refractivity contribution in [2.45, 2.75) is 25.7 Å². The van der Waals surface area contributed by atoms with Crippen LogP contribution < -0.4 is 10.1 Å². The minimum Gasteiger partial charge on any atom is -0.508 e. The number of aliphatic imine (C=N–C) groups is 1. The molecule has 1 unspecified atom stereocenters. The molecule has 0 bridgehead atoms. The van der Waals surface area contributed by atoms with Crippen LogP contribution in [0, 0.1) is 0 Å². The highest BCUT2D eigenvalue weighted by Gasteiger charge is 2.26. The maximum Gasteiger partial charge on any atom is 0.193 e. The Hall–Kier alpha value is -2.69. The predicted molar refractivity (Wildman–Crippen MR) is 110 cm³/mol. The lowest BCUT2D eigenvalue weighted by Gasteiger charge is -2.22. The molecule has 144 valence electrons. The average molecular weight is 367 g/mol. The maximum atomic E-state index is 9.58. The van der Waals surface area contributed by atoms with Crippen molar-refractivity contribution in [3.8, 4) is 11.5 Å². The SMILES string of the molecule is CCNC(=NCCc1cccc(O)c1)N1CCC(c2ccc(OC)cc2)C1. The third kappa shape index (κ3) is 5.16. The summed E-state index contributed by atoms with van der Waals surface area (Å²) < 4.78 is 5.26. The Kier molecular flexibility index (Phi) is 6.58. The van der Waals surface area contributed by atoms with E-state index in [2.05, 4.69) is 29.3 Å². The van der Waals surface area contributed by atoms with Crippen LogP contribution in [0.25, 0.3) is 0 Å². The van der Waals surface area contributed by atoms with Crippen LogP contribution in [0.4, 0.5) is 0 Å². The van der Waals surface area contributed by atoms with Crippen LogP contribution in [-0.4, -0.2) is 49.3 Å². The number of likely N-dealkylation sites (tertiary alicyclic amines) is 1. The van der Waals surface area contributed by atoms with Crippen molar-refractivity contribution in [2.24, 2.45) is 4.99 Å². The number of rotatable bonds is 6. The highest BCUT2D eigenvalue weighted by atomic mass is 16.5. The monoisotopic (exact) mass is 367 g/mol. The minimum atomic E-state index is 0.310. The Bertz CT molecular complexity index is 758. The molecule has 1 atom stereocenters. The Labute approximate surface area is 161 Å². The zero-order chi connectivity index (χ0) is 19.1. The highest BCUT2D eigenvalue weighted by Crippen LogP contribution is 2.28. The lowest BCUT2D eigenvalue weighted by Crippen LogP contribution is -2.40. The largest absolute Gasteiger partial charge is 0.508 e. The van der Waals surface area contributed by atoms with Crippen LogP contribution in [-0.2, 0) is 6.42 Å². The van der Waals surface area contributed by atoms with Crippen molar-refractivity contribution in [1.29, 1.82) is 0 Å². The van der Waals surface area contributed by atoms with Gasteiger partial charge in [-0.25, -0.2) is 0 Å². The Morgan fingerprint density at radius 3 is 2.78 bits per heavy atom. The molecule has 1 aliphatic heterocycles. The number of aromatic hydroxyl groups is 1. The molecule has 1 aliphatic rings. The second-order valence-electron chi connectivity index (χ2n) is 6.86. The van der Waals surface area contributed by atoms with Crippen molar-refractivity contribution in [3.63, 3.8) is 0 Å². The van der Waals surface area contributed by atoms with Crippen LogP contribution in [0.1, 0.15) is 30.4 Å². The number of benzene rings is 2. The molecule has 0 saturated carbocycles. The first kappa shape index (κ1) is 19.1. The van der Waals surface area contributed by atoms with Crippen molar-refractivity contribution >= 4 is 5.96 Å². The number of ether oxygens (including phenoxy) is 1. The zero-order valence-electron chi connectivity index (χ0n) is 16.2. The number of methoxy groups -OCH3 is 1. The molecule has 2 aromatic rings. The van der Waals surface area contributed by atoms with Gasteiger partial charge in [-0.3, -0.25) is 4.99 Å². The maximum absolute atomic E-state index is 9.58. The first-order valence-electron chi connectivity index (χ1n) is 9.64. The van der Waals surface area contributed by atoms with E-state index in [1.807, 2.05) is 24.3 Å². The van der Waals surface area contributed by atoms with Gasteiger partial charge in [-0.05, 0) is 55.2 Å². The van der Waals surface area contributed by atoms with Gasteiger partial charge in [-0.1, -0.05) is 24.3 Å². The van der Waals surface area contributed by atoms with Gasteiger partial charge in [0.15, 0.2) is 5.96 Å². The van der Waals surface area contributed by atoms with E-state index >= 15 is 0 Å². The van der Waals surface area contributed by atoms with Gasteiger partial charge in [-0.15, -0.1) is 0 Å². The Morgan fingerprint density at radius 2 is 2.07 bits per heavy atom. The van der Waals surface area contributed by atoms with Gasteiger partial charge in [0.1, 0.15) is 11.5 Å². The van der Waals surface area contributed by atoms with E-state index in [0.717, 1.165) is 49.7 Å². The number of phenolic OH excluding ortho intramolecular Hbond substituents is 1. The second kappa shape index (κ2) is 9.31. The molecule has 5 nitrogen and oxygen atoms in total. The van der Waals surface area contributed by atoms with E-state index in [4.69, 9.17) is 9.73 Å². The normalized spacial score (nSPS) is 17.2. The van der Waals surface area contributed by atoms with Gasteiger partial charge in [0, 0.05) is 32.1 Å². The topological polar surface area (TPSA) is 57.1 Å². The van der Waals surface area contributed by atoms with E-state index < -0.39 is 0 Å². The molecule has 1 heterocycles. The molecule has 27 heavy (non-hydrogen) atoms. The fraction of sp³-hybridized carbons (Fsp3) is 0.409. The smallest absolute Gasteiger partial charge is 0.193 e. The first-order chi connectivity index (χ1) is 13.2. The fourth-order valence-electron chi connectivity index (χ4n) is 3.53. The first-order valence-corrected chi connectivity index (χ1v) is 9.64. The summed E-state index contributed by atoms with van der Waals surface area (Å²) in [7, 11) is 1.70. The predicted octanol–water partition coefficient (Wildman–Crippen LogP) is 3.40. The summed E-state index contributed by atoms with van der Waals surface area (Å²) in [5, 5.41) is 13.0. The summed E-state index contributed by atoms with van der Waals surface area (Å²) in [6, 6.07) is 15.8. The number of guanidine groups is 1. The molecule has 0 aliphatic carbocycles. The minimum absolute atomic E-state index is 0.310. The highest BCUT2D eigenvalue weighted by molar-refractivity contribution is 5.80. The van der Waals surface area contributed by atoms with E-state index in [-0.39, 0.29) is 0 Å². The van der Waals surface area contributed by atoms with Gasteiger partial charge in [-0.2, -0.15) is 0 Å². The second-order valence-corrected chi connectivity index (χ2v) is 6.86. The average Bonchev–Trinajstić information content (AvgIpc) is 3.17. The van der Waals surface area contributed by atoms with Crippen molar-refractivity contribution in [1.82, 2.24) is 10.2 Å². The molecule has 5 heteroatoms. The van der Waals surface area contributed by atoms with Crippen molar-refractivity contribution in [2.75, 3.05) is 33.3 Å². The third-order valence-electron chi connectivity index (χ3n) is 4.98. The number of phenols is 1. The van der Waals surface area contributed by atoms with E-state index in [0.29, 0.717) is 18.2 Å². The van der Waals surface area contributed by atoms with Crippen LogP contribution in [0.3, 0.4) is 0 Å². The molecular formula is C22H29N3O2. The number of nitrogens with zero attached hydrogens (tertiary/aromatic N) is 2. The van der Waals surface area contributed by atoms with Gasteiger partial charge >= 0.3 is 0 Å². The summed E-state index contributed by atoms with van der Waals surface area (Å²) in [6.07, 6.45) is 1.95. The Morgan fingerprint density at radius 1 is 1.26 bits per heavy atom. The molecule has 0 amide bonds. The van der Waals surface area contributed by atoms with Gasteiger partial charge in [0.25, 0.3) is 0 Å². The Balaban J connectivity index is 1.60. The summed E-state index contributed by atoms with van der Waals surface area (Å²) in [6.45, 7) is 5.64. The number of hydrogen-bond acceptors (Lipinski definition) is 3. The van der Waals surface area contributed by atoms with Crippen LogP contribution in [0.5, 0.6) is 11.5 Å². The molecule has 0 radical (unpaired) electrons. The van der Waals surface area contributed by atoms with Crippen molar-refractivity contribution < 1.29 is 9.84 Å². The lowest BCUT2D eigenvalue weighted by atomic mass is 9.98. The molecule has 0 aromatic heterocycles. The summed E-state index contributed by atoms with van der Waals surface area (Å²) >= 11 is 0. The molecule has 1 saturated heterocycles. The van der Waals surface area contributed by atoms with Gasteiger partial charge < -0.3 is 20.1 Å². The molecule has 2 N–H and O–H groups in total. The van der Waals surface area contributed by atoms with E-state index in [9.17, 15) is 5.11 Å². The lowest BCUT2D eigenvalue weighted by molar-refractivity contribution is 0.414. The zero-order valence-corrected chi connectivity index (χ0v) is 16.2. The van der Waals surface area contributed by atoms with Crippen molar-refractivity contribution in [3.05, 3.63) is 59.7 Å². The summed E-state index contributed by atoms with van der Waals surface area (Å²) in [4.78, 5) is 7.15. The molecule has 1 fully saturated rings. The molecule has 2 aromatic carbocycles. The van der Waals surface area contributed by atoms with E-state index in [1.165, 1.54) is 5.56 Å². The number of nitrogens with one attached hydrogen (secondary N) is 1. The van der Waals surface area contributed by atoms with Crippen LogP contribution in [0.2, 0.25) is 0 Å². The molecular weight excluding hydrogens is 338 g/mol. The summed E-state index contributed by atoms with van der Waals surface area (Å²) in [5.41, 5.74) is 2.46. The molecule has 3 rings (SSSR count). The third-order valence-corrected chi connectivity index (χ3v) is 4.98. The van der Waals surface area contributed by atoms with E-state index in [1.54, 1.807) is 19.2 Å². The van der Waals surface area contributed by atoms with Gasteiger partial charge in [0.2, 0.25) is 0 Å². The van der Waals surface area contributed by atoms with Crippen LogP contribution >= 0.6 is 0 Å². The number of hydrogen-bond donors (Lipinski definition) is 2. The summed E-state index contributed by atoms with van der Waals surface area (Å²) in [5.74, 6) is 2.71. The fourth-order valence-corrected chi connectivity index (χ4v) is 3.53. The standard InChI is InChI=1S/C22H29N3O2/c1-3-23-22(24-13-11-17-5-4-6-20(26)15-17)25-14-12-19(16-25)18-7-9-21(27-2)10-8-18/h4-10,15,19,26H,3,11-14,16H2,1-2H3,(H,23,24). The van der Waals surface area contributed by atoms with Crippen LogP contribution in [0.15, 0.2) is 53.5 Å². The van der Waals surface area contributed by atoms with Gasteiger partial charge in [0.05, 0.1) is 7.11 Å². The quantitative estimate of drug-likeness (QED) is 0.607. The molecule has 0 spiro atoms.